The number of anilines is 1. The van der Waals surface area contributed by atoms with Crippen LogP contribution >= 0.6 is 15.9 Å². The fourth-order valence-corrected chi connectivity index (χ4v) is 2.36. The summed E-state index contributed by atoms with van der Waals surface area (Å²) in [5.41, 5.74) is 7.91. The number of carbonyl (C=O) groups excluding carboxylic acids is 1. The number of nitrogens with two attached hydrogens (primary N) is 1. The molecular weight excluding hydrogens is 304 g/mol. The number of nitrogens with one attached hydrogen (secondary N) is 1. The zero-order valence-corrected chi connectivity index (χ0v) is 12.1. The average molecular weight is 319 g/mol. The second-order valence-electron chi connectivity index (χ2n) is 4.38. The largest absolute Gasteiger partial charge is 0.399 e. The molecule has 0 aliphatic carbocycles. The van der Waals surface area contributed by atoms with Gasteiger partial charge in [-0.15, -0.1) is 0 Å². The van der Waals surface area contributed by atoms with Crippen molar-refractivity contribution in [1.82, 2.24) is 5.32 Å². The first-order valence-electron chi connectivity index (χ1n) is 5.98. The number of nitrogen functional groups attached to an aromatic ring is 1. The van der Waals surface area contributed by atoms with Crippen LogP contribution in [0.3, 0.4) is 0 Å². The van der Waals surface area contributed by atoms with Gasteiger partial charge >= 0.3 is 0 Å². The third-order valence-corrected chi connectivity index (χ3v) is 3.29. The van der Waals surface area contributed by atoms with Crippen LogP contribution in [0.25, 0.3) is 0 Å². The van der Waals surface area contributed by atoms with Gasteiger partial charge in [0.15, 0.2) is 0 Å². The molecule has 0 fully saturated rings. The van der Waals surface area contributed by atoms with Gasteiger partial charge < -0.3 is 11.1 Å². The molecule has 0 heterocycles. The first-order chi connectivity index (χ1) is 9.06. The van der Waals surface area contributed by atoms with Crippen molar-refractivity contribution in [2.45, 2.75) is 13.0 Å². The smallest absolute Gasteiger partial charge is 0.251 e. The molecule has 98 valence electrons. The molecule has 1 atom stereocenters. The molecule has 3 nitrogen and oxygen atoms in total. The van der Waals surface area contributed by atoms with Crippen molar-refractivity contribution in [2.24, 2.45) is 0 Å². The lowest BCUT2D eigenvalue weighted by Gasteiger charge is -2.14. The number of carbonyl (C=O) groups is 1. The minimum atomic E-state index is -0.135. The Hall–Kier alpha value is -1.81. The Kier molecular flexibility index (Phi) is 4.22. The molecule has 3 N–H and O–H groups in total. The van der Waals surface area contributed by atoms with Gasteiger partial charge in [-0.2, -0.15) is 0 Å². The highest BCUT2D eigenvalue weighted by Crippen LogP contribution is 2.18. The van der Waals surface area contributed by atoms with Gasteiger partial charge in [-0.1, -0.05) is 46.3 Å². The fourth-order valence-electron chi connectivity index (χ4n) is 1.85. The molecule has 1 amide bonds. The maximum absolute atomic E-state index is 12.1. The molecule has 0 saturated carbocycles. The normalized spacial score (nSPS) is 11.9. The molecule has 0 aromatic heterocycles. The number of benzene rings is 2. The van der Waals surface area contributed by atoms with E-state index in [0.717, 1.165) is 10.0 Å². The Morgan fingerprint density at radius 1 is 1.21 bits per heavy atom. The van der Waals surface area contributed by atoms with Gasteiger partial charge in [-0.3, -0.25) is 4.79 Å². The summed E-state index contributed by atoms with van der Waals surface area (Å²) in [6.07, 6.45) is 0. The zero-order chi connectivity index (χ0) is 13.8. The van der Waals surface area contributed by atoms with E-state index in [-0.39, 0.29) is 11.9 Å². The van der Waals surface area contributed by atoms with E-state index in [1.165, 1.54) is 0 Å². The summed E-state index contributed by atoms with van der Waals surface area (Å²) in [5.74, 6) is -0.135. The molecule has 0 spiro atoms. The van der Waals surface area contributed by atoms with Crippen molar-refractivity contribution in [1.29, 1.82) is 0 Å². The van der Waals surface area contributed by atoms with E-state index in [9.17, 15) is 4.79 Å². The van der Waals surface area contributed by atoms with Gasteiger partial charge in [0.05, 0.1) is 6.04 Å². The topological polar surface area (TPSA) is 55.1 Å². The van der Waals surface area contributed by atoms with Gasteiger partial charge in [-0.05, 0) is 30.7 Å². The molecule has 19 heavy (non-hydrogen) atoms. The SMILES string of the molecule is C[C@@H](NC(=O)c1cc(N)cc(Br)c1)c1ccccc1. The predicted octanol–water partition coefficient (Wildman–Crippen LogP) is 3.52. The Morgan fingerprint density at radius 2 is 1.89 bits per heavy atom. The molecule has 2 rings (SSSR count). The minimum absolute atomic E-state index is 0.0473. The summed E-state index contributed by atoms with van der Waals surface area (Å²) >= 11 is 3.33. The maximum Gasteiger partial charge on any atom is 0.251 e. The van der Waals surface area contributed by atoms with Gasteiger partial charge in [0.2, 0.25) is 0 Å². The monoisotopic (exact) mass is 318 g/mol. The molecule has 4 heteroatoms. The molecule has 0 bridgehead atoms. The quantitative estimate of drug-likeness (QED) is 0.851. The highest BCUT2D eigenvalue weighted by Gasteiger charge is 2.12. The van der Waals surface area contributed by atoms with E-state index in [1.54, 1.807) is 18.2 Å². The Morgan fingerprint density at radius 3 is 2.53 bits per heavy atom. The Bertz CT molecular complexity index is 564. The van der Waals surface area contributed by atoms with E-state index in [0.29, 0.717) is 11.3 Å². The second-order valence-corrected chi connectivity index (χ2v) is 5.29. The van der Waals surface area contributed by atoms with Gasteiger partial charge in [0, 0.05) is 15.7 Å². The number of hydrogen-bond acceptors (Lipinski definition) is 2. The van der Waals surface area contributed by atoms with Crippen molar-refractivity contribution in [3.63, 3.8) is 0 Å². The van der Waals surface area contributed by atoms with Crippen molar-refractivity contribution in [2.75, 3.05) is 5.73 Å². The van der Waals surface area contributed by atoms with Crippen LogP contribution in [0.1, 0.15) is 28.9 Å². The average Bonchev–Trinajstić information content (AvgIpc) is 2.38. The zero-order valence-electron chi connectivity index (χ0n) is 10.6. The van der Waals surface area contributed by atoms with Crippen LogP contribution in [-0.4, -0.2) is 5.91 Å². The predicted molar refractivity (Wildman–Crippen MR) is 80.9 cm³/mol. The van der Waals surface area contributed by atoms with E-state index < -0.39 is 0 Å². The molecule has 0 radical (unpaired) electrons. The van der Waals surface area contributed by atoms with E-state index >= 15 is 0 Å². The first kappa shape index (κ1) is 13.6. The number of amides is 1. The molecule has 0 aliphatic heterocycles. The first-order valence-corrected chi connectivity index (χ1v) is 6.77. The Labute approximate surface area is 121 Å². The standard InChI is InChI=1S/C15H15BrN2O/c1-10(11-5-3-2-4-6-11)18-15(19)12-7-13(16)9-14(17)8-12/h2-10H,17H2,1H3,(H,18,19)/t10-/m1/s1. The van der Waals surface area contributed by atoms with Crippen LogP contribution in [0.5, 0.6) is 0 Å². The van der Waals surface area contributed by atoms with Crippen LogP contribution in [0, 0.1) is 0 Å². The summed E-state index contributed by atoms with van der Waals surface area (Å²) in [6.45, 7) is 1.95. The lowest BCUT2D eigenvalue weighted by Crippen LogP contribution is -2.26. The highest BCUT2D eigenvalue weighted by molar-refractivity contribution is 9.10. The maximum atomic E-state index is 12.1. The van der Waals surface area contributed by atoms with Crippen LogP contribution in [0.2, 0.25) is 0 Å². The summed E-state index contributed by atoms with van der Waals surface area (Å²) in [4.78, 5) is 12.1. The lowest BCUT2D eigenvalue weighted by atomic mass is 10.1. The number of hydrogen-bond donors (Lipinski definition) is 2. The van der Waals surface area contributed by atoms with Crippen LogP contribution in [0.4, 0.5) is 5.69 Å². The van der Waals surface area contributed by atoms with Crippen molar-refractivity contribution < 1.29 is 4.79 Å². The van der Waals surface area contributed by atoms with Gasteiger partial charge in [0.25, 0.3) is 5.91 Å². The molecule has 2 aromatic carbocycles. The fraction of sp³-hybridized carbons (Fsp3) is 0.133. The highest BCUT2D eigenvalue weighted by atomic mass is 79.9. The van der Waals surface area contributed by atoms with Crippen molar-refractivity contribution >= 4 is 27.5 Å². The molecular formula is C15H15BrN2O. The van der Waals surface area contributed by atoms with Crippen molar-refractivity contribution in [3.05, 3.63) is 64.1 Å². The van der Waals surface area contributed by atoms with Crippen LogP contribution < -0.4 is 11.1 Å². The van der Waals surface area contributed by atoms with E-state index in [1.807, 2.05) is 37.3 Å². The number of halogens is 1. The second kappa shape index (κ2) is 5.89. The third kappa shape index (κ3) is 3.58. The van der Waals surface area contributed by atoms with Crippen LogP contribution in [-0.2, 0) is 0 Å². The summed E-state index contributed by atoms with van der Waals surface area (Å²) in [5, 5.41) is 2.95. The van der Waals surface area contributed by atoms with Gasteiger partial charge in [-0.25, -0.2) is 0 Å². The van der Waals surface area contributed by atoms with E-state index in [4.69, 9.17) is 5.73 Å². The minimum Gasteiger partial charge on any atom is -0.399 e. The summed E-state index contributed by atoms with van der Waals surface area (Å²) in [7, 11) is 0. The van der Waals surface area contributed by atoms with Crippen molar-refractivity contribution in [3.8, 4) is 0 Å². The number of rotatable bonds is 3. The molecule has 2 aromatic rings. The van der Waals surface area contributed by atoms with Gasteiger partial charge in [0.1, 0.15) is 0 Å². The molecule has 0 aliphatic rings. The summed E-state index contributed by atoms with van der Waals surface area (Å²) < 4.78 is 0.796. The molecule has 0 unspecified atom stereocenters. The van der Waals surface area contributed by atoms with E-state index in [2.05, 4.69) is 21.2 Å². The summed E-state index contributed by atoms with van der Waals surface area (Å²) in [6, 6.07) is 15.0. The third-order valence-electron chi connectivity index (χ3n) is 2.83. The Balaban J connectivity index is 2.13. The molecule has 0 saturated heterocycles. The lowest BCUT2D eigenvalue weighted by molar-refractivity contribution is 0.0940. The van der Waals surface area contributed by atoms with Crippen LogP contribution in [0.15, 0.2) is 53.0 Å².